The molecule has 0 radical (unpaired) electrons. The largest absolute Gasteiger partial charge is 0.469 e. The fourth-order valence-electron chi connectivity index (χ4n) is 3.07. The van der Waals surface area contributed by atoms with E-state index in [0.29, 0.717) is 11.3 Å². The lowest BCUT2D eigenvalue weighted by Crippen LogP contribution is -2.39. The molecule has 1 heterocycles. The smallest absolute Gasteiger partial charge is 0.342 e. The van der Waals surface area contributed by atoms with Crippen LogP contribution in [0.4, 0.5) is 0 Å². The van der Waals surface area contributed by atoms with E-state index in [1.165, 1.54) is 11.8 Å². The normalized spacial score (nSPS) is 17.7. The minimum absolute atomic E-state index is 0.0285. The maximum Gasteiger partial charge on any atom is 0.342 e. The van der Waals surface area contributed by atoms with Gasteiger partial charge in [-0.2, -0.15) is 0 Å². The molecule has 1 aliphatic rings. The van der Waals surface area contributed by atoms with Crippen molar-refractivity contribution in [3.8, 4) is 0 Å². The minimum Gasteiger partial charge on any atom is -0.469 e. The first-order valence-electron chi connectivity index (χ1n) is 8.19. The third-order valence-electron chi connectivity index (χ3n) is 4.42. The van der Waals surface area contributed by atoms with Gasteiger partial charge in [-0.3, -0.25) is 4.79 Å². The molecule has 3 rings (SSSR count). The van der Waals surface area contributed by atoms with E-state index in [1.54, 1.807) is 19.9 Å². The van der Waals surface area contributed by atoms with Gasteiger partial charge in [0.05, 0.1) is 12.3 Å². The lowest BCUT2D eigenvalue weighted by atomic mass is 9.87. The predicted molar refractivity (Wildman–Crippen MR) is 88.6 cm³/mol. The zero-order chi connectivity index (χ0) is 17.1. The third-order valence-corrected chi connectivity index (χ3v) is 4.42. The molecule has 0 saturated carbocycles. The molecule has 2 atom stereocenters. The van der Waals surface area contributed by atoms with Gasteiger partial charge in [-0.25, -0.2) is 4.79 Å². The molecule has 0 bridgehead atoms. The molecular weight excluding hydrogens is 306 g/mol. The van der Waals surface area contributed by atoms with Gasteiger partial charge in [0.2, 0.25) is 0 Å². The van der Waals surface area contributed by atoms with Crippen LogP contribution >= 0.6 is 0 Å². The first kappa shape index (κ1) is 16.3. The molecule has 5 heteroatoms. The van der Waals surface area contributed by atoms with Crippen LogP contribution in [-0.4, -0.2) is 18.0 Å². The van der Waals surface area contributed by atoms with Crippen LogP contribution in [0.15, 0.2) is 41.0 Å². The lowest BCUT2D eigenvalue weighted by molar-refractivity contribution is -0.130. The molecule has 1 aliphatic carbocycles. The molecular formula is C19H21NO4. The molecule has 2 unspecified atom stereocenters. The maximum atomic E-state index is 12.4. The molecule has 1 amide bonds. The van der Waals surface area contributed by atoms with Crippen LogP contribution in [0.5, 0.6) is 0 Å². The Morgan fingerprint density at radius 1 is 1.29 bits per heavy atom. The number of furan rings is 1. The highest BCUT2D eigenvalue weighted by molar-refractivity contribution is 5.93. The summed E-state index contributed by atoms with van der Waals surface area (Å²) in [7, 11) is 0. The number of hydrogen-bond acceptors (Lipinski definition) is 4. The summed E-state index contributed by atoms with van der Waals surface area (Å²) in [6.07, 6.45) is 3.53. The van der Waals surface area contributed by atoms with Crippen LogP contribution in [0.25, 0.3) is 0 Å². The van der Waals surface area contributed by atoms with Gasteiger partial charge in [0, 0.05) is 0 Å². The lowest BCUT2D eigenvalue weighted by Gasteiger charge is -2.27. The van der Waals surface area contributed by atoms with E-state index in [1.807, 2.05) is 18.2 Å². The molecule has 0 aliphatic heterocycles. The summed E-state index contributed by atoms with van der Waals surface area (Å²) in [4.78, 5) is 24.5. The SMILES string of the molecule is Cc1occc1C(=O)OC(C)C(=O)NC1CCCc2ccccc21. The number of nitrogens with one attached hydrogen (secondary N) is 1. The molecule has 0 saturated heterocycles. The molecule has 1 aromatic carbocycles. The van der Waals surface area contributed by atoms with Gasteiger partial charge in [-0.1, -0.05) is 24.3 Å². The van der Waals surface area contributed by atoms with Gasteiger partial charge in [-0.15, -0.1) is 0 Å². The predicted octanol–water partition coefficient (Wildman–Crippen LogP) is 3.33. The Labute approximate surface area is 141 Å². The number of hydrogen-bond donors (Lipinski definition) is 1. The van der Waals surface area contributed by atoms with Crippen molar-refractivity contribution in [2.24, 2.45) is 0 Å². The maximum absolute atomic E-state index is 12.4. The van der Waals surface area contributed by atoms with E-state index in [2.05, 4.69) is 11.4 Å². The summed E-state index contributed by atoms with van der Waals surface area (Å²) in [6.45, 7) is 3.26. The Morgan fingerprint density at radius 2 is 2.08 bits per heavy atom. The first-order valence-corrected chi connectivity index (χ1v) is 8.19. The average Bonchev–Trinajstić information content (AvgIpc) is 3.01. The third kappa shape index (κ3) is 3.35. The molecule has 0 fully saturated rings. The molecule has 0 spiro atoms. The Balaban J connectivity index is 1.63. The number of esters is 1. The van der Waals surface area contributed by atoms with E-state index in [-0.39, 0.29) is 11.9 Å². The second-order valence-corrected chi connectivity index (χ2v) is 6.09. The van der Waals surface area contributed by atoms with Gasteiger partial charge in [-0.05, 0) is 50.3 Å². The second-order valence-electron chi connectivity index (χ2n) is 6.09. The fraction of sp³-hybridized carbons (Fsp3) is 0.368. The van der Waals surface area contributed by atoms with Crippen molar-refractivity contribution < 1.29 is 18.7 Å². The van der Waals surface area contributed by atoms with Crippen LogP contribution < -0.4 is 5.32 Å². The number of amides is 1. The summed E-state index contributed by atoms with van der Waals surface area (Å²) < 4.78 is 10.3. The topological polar surface area (TPSA) is 68.5 Å². The molecule has 1 aromatic heterocycles. The molecule has 2 aromatic rings. The summed E-state index contributed by atoms with van der Waals surface area (Å²) in [5.74, 6) is -0.354. The summed E-state index contributed by atoms with van der Waals surface area (Å²) >= 11 is 0. The second kappa shape index (κ2) is 6.91. The van der Waals surface area contributed by atoms with E-state index >= 15 is 0 Å². The van der Waals surface area contributed by atoms with Crippen molar-refractivity contribution in [1.82, 2.24) is 5.32 Å². The van der Waals surface area contributed by atoms with Gasteiger partial charge in [0.25, 0.3) is 5.91 Å². The average molecular weight is 327 g/mol. The van der Waals surface area contributed by atoms with Crippen molar-refractivity contribution >= 4 is 11.9 Å². The Hall–Kier alpha value is -2.56. The number of carbonyl (C=O) groups is 2. The number of benzene rings is 1. The molecule has 1 N–H and O–H groups in total. The minimum atomic E-state index is -0.860. The van der Waals surface area contributed by atoms with Crippen molar-refractivity contribution in [1.29, 1.82) is 0 Å². The quantitative estimate of drug-likeness (QED) is 0.875. The van der Waals surface area contributed by atoms with Crippen LogP contribution in [0.1, 0.15) is 53.1 Å². The van der Waals surface area contributed by atoms with E-state index in [9.17, 15) is 9.59 Å². The Bertz CT molecular complexity index is 749. The number of rotatable bonds is 4. The molecule has 126 valence electrons. The zero-order valence-corrected chi connectivity index (χ0v) is 13.9. The number of ether oxygens (including phenoxy) is 1. The standard InChI is InChI=1S/C19H21NO4/c1-12-15(10-11-23-12)19(22)24-13(2)18(21)20-17-9-5-7-14-6-3-4-8-16(14)17/h3-4,6,8,10-11,13,17H,5,7,9H2,1-2H3,(H,20,21). The van der Waals surface area contributed by atoms with Crippen LogP contribution in [0.2, 0.25) is 0 Å². The van der Waals surface area contributed by atoms with Crippen LogP contribution in [-0.2, 0) is 16.0 Å². The van der Waals surface area contributed by atoms with E-state index < -0.39 is 12.1 Å². The summed E-state index contributed by atoms with van der Waals surface area (Å²) in [5.41, 5.74) is 2.77. The number of carbonyl (C=O) groups excluding carboxylic acids is 2. The van der Waals surface area contributed by atoms with Crippen molar-refractivity contribution in [3.05, 3.63) is 59.0 Å². The first-order chi connectivity index (χ1) is 11.6. The van der Waals surface area contributed by atoms with E-state index in [4.69, 9.17) is 9.15 Å². The van der Waals surface area contributed by atoms with E-state index in [0.717, 1.165) is 24.8 Å². The van der Waals surface area contributed by atoms with Crippen LogP contribution in [0.3, 0.4) is 0 Å². The van der Waals surface area contributed by atoms with Gasteiger partial charge >= 0.3 is 5.97 Å². The van der Waals surface area contributed by atoms with Crippen molar-refractivity contribution in [3.63, 3.8) is 0 Å². The number of aryl methyl sites for hydroxylation is 2. The van der Waals surface area contributed by atoms with Crippen LogP contribution in [0, 0.1) is 6.92 Å². The monoisotopic (exact) mass is 327 g/mol. The highest BCUT2D eigenvalue weighted by Crippen LogP contribution is 2.29. The highest BCUT2D eigenvalue weighted by atomic mass is 16.5. The molecule has 5 nitrogen and oxygen atoms in total. The fourth-order valence-corrected chi connectivity index (χ4v) is 3.07. The van der Waals surface area contributed by atoms with Gasteiger partial charge in [0.15, 0.2) is 6.10 Å². The molecule has 24 heavy (non-hydrogen) atoms. The van der Waals surface area contributed by atoms with Crippen molar-refractivity contribution in [2.45, 2.75) is 45.3 Å². The summed E-state index contributed by atoms with van der Waals surface area (Å²) in [6, 6.07) is 9.65. The highest BCUT2D eigenvalue weighted by Gasteiger charge is 2.26. The Kier molecular flexibility index (Phi) is 4.69. The number of fused-ring (bicyclic) bond motifs is 1. The van der Waals surface area contributed by atoms with Gasteiger partial charge < -0.3 is 14.5 Å². The summed E-state index contributed by atoms with van der Waals surface area (Å²) in [5, 5.41) is 3.00. The zero-order valence-electron chi connectivity index (χ0n) is 13.9. The Morgan fingerprint density at radius 3 is 2.83 bits per heavy atom. The van der Waals surface area contributed by atoms with Crippen molar-refractivity contribution in [2.75, 3.05) is 0 Å². The van der Waals surface area contributed by atoms with Gasteiger partial charge in [0.1, 0.15) is 11.3 Å².